The minimum Gasteiger partial charge on any atom is -0.497 e. The van der Waals surface area contributed by atoms with Crippen LogP contribution < -0.4 is 15.6 Å². The average Bonchev–Trinajstić information content (AvgIpc) is 3.29. The summed E-state index contributed by atoms with van der Waals surface area (Å²) < 4.78 is 6.43. The van der Waals surface area contributed by atoms with Crippen molar-refractivity contribution in [3.05, 3.63) is 82.0 Å². The highest BCUT2D eigenvalue weighted by Gasteiger charge is 2.14. The largest absolute Gasteiger partial charge is 0.497 e. The zero-order valence-corrected chi connectivity index (χ0v) is 16.6. The molecule has 0 aliphatic heterocycles. The molecule has 4 rings (SSSR count). The Balaban J connectivity index is 1.59. The van der Waals surface area contributed by atoms with Gasteiger partial charge in [-0.3, -0.25) is 9.59 Å². The zero-order chi connectivity index (χ0) is 20.2. The lowest BCUT2D eigenvalue weighted by Gasteiger charge is -2.11. The van der Waals surface area contributed by atoms with Crippen molar-refractivity contribution in [1.82, 2.24) is 15.1 Å². The third-order valence-corrected chi connectivity index (χ3v) is 5.42. The first-order valence-electron chi connectivity index (χ1n) is 9.09. The van der Waals surface area contributed by atoms with Gasteiger partial charge in [-0.15, -0.1) is 11.3 Å². The van der Waals surface area contributed by atoms with Crippen molar-refractivity contribution >= 4 is 28.0 Å². The number of carbonyl (C=O) groups excluding carboxylic acids is 1. The number of amides is 1. The van der Waals surface area contributed by atoms with Crippen LogP contribution in [0.25, 0.3) is 21.3 Å². The van der Waals surface area contributed by atoms with Gasteiger partial charge in [0.05, 0.1) is 17.4 Å². The molecule has 7 heteroatoms. The summed E-state index contributed by atoms with van der Waals surface area (Å²) in [5, 5.41) is 10.6. The maximum absolute atomic E-state index is 12.9. The third-order valence-electron chi connectivity index (χ3n) is 4.54. The molecule has 2 aromatic heterocycles. The minimum absolute atomic E-state index is 0.147. The molecule has 0 atom stereocenters. The Labute approximate surface area is 171 Å². The fraction of sp³-hybridized carbons (Fsp3) is 0.136. The first-order valence-corrected chi connectivity index (χ1v) is 9.97. The number of aromatic nitrogens is 2. The van der Waals surface area contributed by atoms with Crippen molar-refractivity contribution in [3.63, 3.8) is 0 Å². The van der Waals surface area contributed by atoms with Crippen molar-refractivity contribution in [2.24, 2.45) is 0 Å². The van der Waals surface area contributed by atoms with Gasteiger partial charge in [-0.05, 0) is 35.2 Å². The summed E-state index contributed by atoms with van der Waals surface area (Å²) in [6.07, 6.45) is 0. The molecule has 0 radical (unpaired) electrons. The molecule has 2 heterocycles. The Morgan fingerprint density at radius 1 is 1.10 bits per heavy atom. The molecule has 0 aliphatic rings. The Morgan fingerprint density at radius 3 is 2.69 bits per heavy atom. The lowest BCUT2D eigenvalue weighted by atomic mass is 10.1. The molecule has 4 aromatic rings. The van der Waals surface area contributed by atoms with E-state index in [0.29, 0.717) is 17.6 Å². The van der Waals surface area contributed by atoms with E-state index in [1.54, 1.807) is 24.5 Å². The predicted octanol–water partition coefficient (Wildman–Crippen LogP) is 3.45. The number of nitrogens with zero attached hydrogens (tertiary/aromatic N) is 2. The molecule has 0 aliphatic carbocycles. The summed E-state index contributed by atoms with van der Waals surface area (Å²) in [5.74, 6) is 0.444. The Morgan fingerprint density at radius 2 is 1.93 bits per heavy atom. The van der Waals surface area contributed by atoms with Crippen LogP contribution in [0.5, 0.6) is 5.75 Å². The number of rotatable bonds is 6. The van der Waals surface area contributed by atoms with E-state index < -0.39 is 0 Å². The van der Waals surface area contributed by atoms with Crippen LogP contribution in [0.4, 0.5) is 0 Å². The number of nitrogens with one attached hydrogen (secondary N) is 1. The smallest absolute Gasteiger partial charge is 0.275 e. The van der Waals surface area contributed by atoms with E-state index in [9.17, 15) is 9.59 Å². The van der Waals surface area contributed by atoms with E-state index in [2.05, 4.69) is 10.4 Å². The molecule has 0 bridgehead atoms. The minimum atomic E-state index is -0.283. The number of thiophene rings is 1. The molecular formula is C22H19N3O3S. The summed E-state index contributed by atoms with van der Waals surface area (Å²) >= 11 is 1.55. The Hall–Kier alpha value is -3.45. The van der Waals surface area contributed by atoms with E-state index in [4.69, 9.17) is 4.74 Å². The highest BCUT2D eigenvalue weighted by atomic mass is 32.1. The van der Waals surface area contributed by atoms with Gasteiger partial charge in [0, 0.05) is 11.9 Å². The summed E-state index contributed by atoms with van der Waals surface area (Å²) in [5.41, 5.74) is 1.34. The number of ether oxygens (including phenoxy) is 1. The van der Waals surface area contributed by atoms with E-state index >= 15 is 0 Å². The summed E-state index contributed by atoms with van der Waals surface area (Å²) in [7, 11) is 1.60. The van der Waals surface area contributed by atoms with Crippen molar-refractivity contribution < 1.29 is 9.53 Å². The topological polar surface area (TPSA) is 73.2 Å². The van der Waals surface area contributed by atoms with Crippen LogP contribution >= 0.6 is 11.3 Å². The zero-order valence-electron chi connectivity index (χ0n) is 15.8. The van der Waals surface area contributed by atoms with Gasteiger partial charge in [0.25, 0.3) is 5.56 Å². The molecule has 0 saturated heterocycles. The molecule has 29 heavy (non-hydrogen) atoms. The van der Waals surface area contributed by atoms with Crippen molar-refractivity contribution in [1.29, 1.82) is 0 Å². The van der Waals surface area contributed by atoms with E-state index in [-0.39, 0.29) is 18.0 Å². The average molecular weight is 405 g/mol. The SMILES string of the molecule is COc1cccc(CNC(=O)Cn2nc(-c3cccs3)c3ccccc3c2=O)c1. The Kier molecular flexibility index (Phi) is 5.39. The van der Waals surface area contributed by atoms with Gasteiger partial charge in [0.15, 0.2) is 0 Å². The lowest BCUT2D eigenvalue weighted by molar-refractivity contribution is -0.122. The molecule has 2 aromatic carbocycles. The van der Waals surface area contributed by atoms with Crippen molar-refractivity contribution in [2.75, 3.05) is 7.11 Å². The molecule has 0 unspecified atom stereocenters. The fourth-order valence-electron chi connectivity index (χ4n) is 3.11. The van der Waals surface area contributed by atoms with Crippen LogP contribution in [0.1, 0.15) is 5.56 Å². The molecule has 1 amide bonds. The monoisotopic (exact) mass is 405 g/mol. The van der Waals surface area contributed by atoms with Gasteiger partial charge in [-0.1, -0.05) is 36.4 Å². The van der Waals surface area contributed by atoms with E-state index in [1.807, 2.05) is 60.0 Å². The molecule has 0 saturated carbocycles. The third kappa shape index (κ3) is 4.05. The van der Waals surface area contributed by atoms with Crippen LogP contribution in [0.15, 0.2) is 70.8 Å². The van der Waals surface area contributed by atoms with Crippen LogP contribution in [0.2, 0.25) is 0 Å². The van der Waals surface area contributed by atoms with Gasteiger partial charge < -0.3 is 10.1 Å². The molecular weight excluding hydrogens is 386 g/mol. The highest BCUT2D eigenvalue weighted by molar-refractivity contribution is 7.13. The number of carbonyl (C=O) groups is 1. The van der Waals surface area contributed by atoms with Crippen LogP contribution in [-0.4, -0.2) is 22.8 Å². The first-order chi connectivity index (χ1) is 14.2. The molecule has 0 spiro atoms. The highest BCUT2D eigenvalue weighted by Crippen LogP contribution is 2.28. The number of hydrogen-bond donors (Lipinski definition) is 1. The summed E-state index contributed by atoms with van der Waals surface area (Å²) in [6, 6.07) is 18.7. The lowest BCUT2D eigenvalue weighted by Crippen LogP contribution is -2.33. The van der Waals surface area contributed by atoms with Gasteiger partial charge in [0.1, 0.15) is 18.0 Å². The molecule has 1 N–H and O–H groups in total. The first kappa shape index (κ1) is 18.9. The number of fused-ring (bicyclic) bond motifs is 1. The summed E-state index contributed by atoms with van der Waals surface area (Å²) in [4.78, 5) is 26.3. The van der Waals surface area contributed by atoms with Gasteiger partial charge in [-0.2, -0.15) is 5.10 Å². The van der Waals surface area contributed by atoms with Crippen molar-refractivity contribution in [2.45, 2.75) is 13.1 Å². The number of hydrogen-bond acceptors (Lipinski definition) is 5. The predicted molar refractivity (Wildman–Crippen MR) is 114 cm³/mol. The van der Waals surface area contributed by atoms with Gasteiger partial charge >= 0.3 is 0 Å². The number of benzene rings is 2. The maximum atomic E-state index is 12.9. The molecule has 146 valence electrons. The van der Waals surface area contributed by atoms with Crippen LogP contribution in [0.3, 0.4) is 0 Å². The second-order valence-corrected chi connectivity index (χ2v) is 7.41. The maximum Gasteiger partial charge on any atom is 0.275 e. The molecule has 6 nitrogen and oxygen atoms in total. The van der Waals surface area contributed by atoms with Gasteiger partial charge in [-0.25, -0.2) is 4.68 Å². The Bertz CT molecular complexity index is 1220. The normalized spacial score (nSPS) is 10.8. The standard InChI is InChI=1S/C22H19N3O3S/c1-28-16-7-4-6-15(12-16)13-23-20(26)14-25-22(27)18-9-3-2-8-17(18)21(24-25)19-10-5-11-29-19/h2-12H,13-14H2,1H3,(H,23,26). The van der Waals surface area contributed by atoms with Crippen LogP contribution in [0, 0.1) is 0 Å². The van der Waals surface area contributed by atoms with Gasteiger partial charge in [0.2, 0.25) is 5.91 Å². The van der Waals surface area contributed by atoms with E-state index in [0.717, 1.165) is 21.6 Å². The molecule has 0 fully saturated rings. The quantitative estimate of drug-likeness (QED) is 0.533. The van der Waals surface area contributed by atoms with E-state index in [1.165, 1.54) is 4.68 Å². The fourth-order valence-corrected chi connectivity index (χ4v) is 3.84. The number of methoxy groups -OCH3 is 1. The van der Waals surface area contributed by atoms with Crippen LogP contribution in [-0.2, 0) is 17.9 Å². The second-order valence-electron chi connectivity index (χ2n) is 6.46. The summed E-state index contributed by atoms with van der Waals surface area (Å²) in [6.45, 7) is 0.197. The van der Waals surface area contributed by atoms with Crippen molar-refractivity contribution in [3.8, 4) is 16.3 Å². The second kappa shape index (κ2) is 8.28.